The monoisotopic (exact) mass is 559 g/mol. The number of carbonyl (C=O) groups excluding carboxylic acids is 1. The van der Waals surface area contributed by atoms with E-state index < -0.39 is 16.6 Å². The molecule has 3 aliphatic rings. The maximum Gasteiger partial charge on any atom is 0.223 e. The van der Waals surface area contributed by atoms with Gasteiger partial charge in [0.05, 0.1) is 25.4 Å². The van der Waals surface area contributed by atoms with Gasteiger partial charge in [-0.25, -0.2) is 0 Å². The summed E-state index contributed by atoms with van der Waals surface area (Å²) in [6.07, 6.45) is 5.67. The Morgan fingerprint density at radius 3 is 2.05 bits per heavy atom. The molecule has 1 aromatic rings. The minimum Gasteiger partial charge on any atom is -0.497 e. The summed E-state index contributed by atoms with van der Waals surface area (Å²) in [6.45, 7) is 23.4. The Labute approximate surface area is 234 Å². The normalized spacial score (nSPS) is 30.4. The lowest BCUT2D eigenvalue weighted by Gasteiger charge is -2.61. The third-order valence-electron chi connectivity index (χ3n) is 10.8. The molecule has 2 bridgehead atoms. The van der Waals surface area contributed by atoms with Crippen LogP contribution < -0.4 is 4.74 Å². The van der Waals surface area contributed by atoms with Crippen molar-refractivity contribution in [3.05, 3.63) is 29.8 Å². The van der Waals surface area contributed by atoms with E-state index in [1.165, 1.54) is 5.56 Å². The van der Waals surface area contributed by atoms with E-state index in [1.54, 1.807) is 7.11 Å². The van der Waals surface area contributed by atoms with Crippen molar-refractivity contribution in [2.75, 3.05) is 7.11 Å². The molecule has 5 nitrogen and oxygen atoms in total. The lowest BCUT2D eigenvalue weighted by molar-refractivity contribution is -0.163. The molecule has 2 saturated heterocycles. The Balaban J connectivity index is 1.77. The molecule has 7 heteroatoms. The number of hydrogen-bond donors (Lipinski definition) is 0. The van der Waals surface area contributed by atoms with Crippen LogP contribution in [0.4, 0.5) is 0 Å². The van der Waals surface area contributed by atoms with Crippen LogP contribution in [-0.4, -0.2) is 58.3 Å². The second-order valence-corrected chi connectivity index (χ2v) is 24.8. The zero-order chi connectivity index (χ0) is 28.3. The third-order valence-corrected chi connectivity index (χ3v) is 19.8. The summed E-state index contributed by atoms with van der Waals surface area (Å²) >= 11 is 0. The van der Waals surface area contributed by atoms with Crippen LogP contribution in [0.1, 0.15) is 79.2 Å². The van der Waals surface area contributed by atoms with E-state index in [0.717, 1.165) is 37.9 Å². The van der Waals surface area contributed by atoms with Crippen molar-refractivity contribution < 1.29 is 18.4 Å². The van der Waals surface area contributed by atoms with Gasteiger partial charge in [-0.3, -0.25) is 4.79 Å². The topological polar surface area (TPSA) is 48.0 Å². The van der Waals surface area contributed by atoms with Gasteiger partial charge in [0.1, 0.15) is 5.75 Å². The predicted octanol–water partition coefficient (Wildman–Crippen LogP) is 7.56. The number of benzene rings is 1. The van der Waals surface area contributed by atoms with Crippen molar-refractivity contribution >= 4 is 22.5 Å². The number of piperidine rings is 1. The summed E-state index contributed by atoms with van der Waals surface area (Å²) in [7, 11) is -2.38. The highest BCUT2D eigenvalue weighted by Gasteiger charge is 2.62. The fourth-order valence-electron chi connectivity index (χ4n) is 6.48. The first-order valence-electron chi connectivity index (χ1n) is 14.7. The van der Waals surface area contributed by atoms with Gasteiger partial charge in [0, 0.05) is 17.9 Å². The molecule has 2 heterocycles. The van der Waals surface area contributed by atoms with E-state index in [9.17, 15) is 4.79 Å². The summed E-state index contributed by atoms with van der Waals surface area (Å²) in [5.74, 6) is 1.48. The van der Waals surface area contributed by atoms with E-state index in [1.807, 2.05) is 12.1 Å². The van der Waals surface area contributed by atoms with Crippen LogP contribution in [-0.2, 0) is 20.1 Å². The Morgan fingerprint density at radius 1 is 0.921 bits per heavy atom. The van der Waals surface area contributed by atoms with Crippen LogP contribution in [0.15, 0.2) is 24.3 Å². The van der Waals surface area contributed by atoms with E-state index in [-0.39, 0.29) is 33.9 Å². The molecule has 2 aliphatic heterocycles. The van der Waals surface area contributed by atoms with Crippen LogP contribution in [0, 0.1) is 5.92 Å². The first-order valence-corrected chi connectivity index (χ1v) is 20.5. The quantitative estimate of drug-likeness (QED) is 0.323. The highest BCUT2D eigenvalue weighted by Crippen LogP contribution is 2.55. The van der Waals surface area contributed by atoms with Crippen molar-refractivity contribution in [3.8, 4) is 5.75 Å². The van der Waals surface area contributed by atoms with E-state index in [4.69, 9.17) is 13.6 Å². The highest BCUT2D eigenvalue weighted by molar-refractivity contribution is 6.74. The van der Waals surface area contributed by atoms with Gasteiger partial charge in [-0.1, -0.05) is 53.7 Å². The molecule has 5 atom stereocenters. The largest absolute Gasteiger partial charge is 0.497 e. The fourth-order valence-corrected chi connectivity index (χ4v) is 9.25. The van der Waals surface area contributed by atoms with Gasteiger partial charge in [0.25, 0.3) is 0 Å². The van der Waals surface area contributed by atoms with Crippen molar-refractivity contribution in [3.63, 3.8) is 0 Å². The summed E-state index contributed by atoms with van der Waals surface area (Å²) in [5.41, 5.74) is 1.19. The van der Waals surface area contributed by atoms with Gasteiger partial charge in [-0.05, 0) is 86.1 Å². The number of rotatable bonds is 7. The molecule has 1 amide bonds. The zero-order valence-electron chi connectivity index (χ0n) is 25.9. The molecule has 0 aromatic heterocycles. The standard InChI is InChI=1S/C31H53NO4Si2/c1-29(2,3)37(8,9)35-26-16-18-31-19-17-27(33)32(31)25(20-22-12-14-23(34-7)15-13-22)28(24(26)21-31)36-38(10,11)30(4,5)6/h12-15,24-26,28H,16-21H2,1-11H3/t24-,25-,26-,28-,31+/m0/s1. The lowest BCUT2D eigenvalue weighted by Crippen LogP contribution is -2.70. The molecule has 1 saturated carbocycles. The van der Waals surface area contributed by atoms with Crippen molar-refractivity contribution in [1.82, 2.24) is 4.90 Å². The van der Waals surface area contributed by atoms with Crippen LogP contribution in [0.3, 0.4) is 0 Å². The smallest absolute Gasteiger partial charge is 0.223 e. The molecular formula is C31H53NO4Si2. The minimum absolute atomic E-state index is 0.0248. The molecule has 38 heavy (non-hydrogen) atoms. The van der Waals surface area contributed by atoms with Crippen LogP contribution in [0.25, 0.3) is 0 Å². The van der Waals surface area contributed by atoms with Crippen molar-refractivity contribution in [2.45, 2.75) is 140 Å². The molecule has 0 N–H and O–H groups in total. The molecule has 4 rings (SSSR count). The number of methoxy groups -OCH3 is 1. The minimum atomic E-state index is -2.12. The van der Waals surface area contributed by atoms with E-state index in [0.29, 0.717) is 18.2 Å². The van der Waals surface area contributed by atoms with Gasteiger partial charge in [-0.2, -0.15) is 0 Å². The number of fused-ring (bicyclic) bond motifs is 1. The lowest BCUT2D eigenvalue weighted by atomic mass is 9.65. The highest BCUT2D eigenvalue weighted by atomic mass is 28.4. The number of amides is 1. The van der Waals surface area contributed by atoms with Gasteiger partial charge in [0.15, 0.2) is 16.6 Å². The Hall–Kier alpha value is -1.16. The van der Waals surface area contributed by atoms with Crippen LogP contribution in [0.5, 0.6) is 5.75 Å². The SMILES string of the molecule is COc1ccc(C[C@H]2[C@@H](O[Si](C)(C)C(C)(C)C)[C@H]3C[C@]4(CCC(=O)N24)CC[C@@H]3O[Si](C)(C)C(C)(C)C)cc1. The molecule has 1 aliphatic carbocycles. The molecule has 0 radical (unpaired) electrons. The molecule has 0 unspecified atom stereocenters. The number of ether oxygens (including phenoxy) is 1. The predicted molar refractivity (Wildman–Crippen MR) is 161 cm³/mol. The van der Waals surface area contributed by atoms with Gasteiger partial charge in [0.2, 0.25) is 5.91 Å². The van der Waals surface area contributed by atoms with Crippen LogP contribution >= 0.6 is 0 Å². The first-order chi connectivity index (χ1) is 17.4. The maximum atomic E-state index is 13.6. The molecule has 214 valence electrons. The molecular weight excluding hydrogens is 507 g/mol. The van der Waals surface area contributed by atoms with Crippen molar-refractivity contribution in [1.29, 1.82) is 0 Å². The zero-order valence-corrected chi connectivity index (χ0v) is 27.9. The van der Waals surface area contributed by atoms with Gasteiger partial charge >= 0.3 is 0 Å². The first kappa shape index (κ1) is 29.8. The molecule has 1 aromatic carbocycles. The summed E-state index contributed by atoms with van der Waals surface area (Å²) in [4.78, 5) is 15.9. The van der Waals surface area contributed by atoms with Crippen LogP contribution in [0.2, 0.25) is 36.3 Å². The molecule has 1 spiro atoms. The Bertz CT molecular complexity index is 1010. The van der Waals surface area contributed by atoms with Gasteiger partial charge < -0.3 is 18.5 Å². The Kier molecular flexibility index (Phi) is 7.88. The number of hydrogen-bond acceptors (Lipinski definition) is 4. The molecule has 3 fully saturated rings. The summed E-state index contributed by atoms with van der Waals surface area (Å²) < 4.78 is 20.0. The summed E-state index contributed by atoms with van der Waals surface area (Å²) in [6, 6.07) is 8.41. The Morgan fingerprint density at radius 2 is 1.50 bits per heavy atom. The number of carbonyl (C=O) groups is 1. The van der Waals surface area contributed by atoms with E-state index >= 15 is 0 Å². The van der Waals surface area contributed by atoms with Crippen molar-refractivity contribution in [2.24, 2.45) is 5.92 Å². The van der Waals surface area contributed by atoms with E-state index in [2.05, 4.69) is 84.8 Å². The third kappa shape index (κ3) is 5.42. The van der Waals surface area contributed by atoms with Gasteiger partial charge in [-0.15, -0.1) is 0 Å². The fraction of sp³-hybridized carbons (Fsp3) is 0.774. The second kappa shape index (κ2) is 10.0. The maximum absolute atomic E-state index is 13.6. The average Bonchev–Trinajstić information content (AvgIpc) is 3.12. The average molecular weight is 560 g/mol. The summed E-state index contributed by atoms with van der Waals surface area (Å²) in [5, 5.41) is 0.246. The second-order valence-electron chi connectivity index (χ2n) is 15.3. The number of nitrogens with zero attached hydrogens (tertiary/aromatic N) is 1.